The lowest BCUT2D eigenvalue weighted by Crippen LogP contribution is -2.48. The molecule has 1 aliphatic heterocycles. The number of hydrogen-bond donors (Lipinski definition) is 1. The van der Waals surface area contributed by atoms with Crippen molar-refractivity contribution in [2.45, 2.75) is 6.18 Å². The molecule has 0 aliphatic carbocycles. The van der Waals surface area contributed by atoms with Gasteiger partial charge in [0.25, 0.3) is 0 Å². The SMILES string of the molecule is N#Cc1ccsc1NC(=O)CN1CCN(c2ccc(C(F)(F)F)cn2)CC1. The van der Waals surface area contributed by atoms with Crippen LogP contribution in [0.15, 0.2) is 29.8 Å². The van der Waals surface area contributed by atoms with Crippen LogP contribution in [0.5, 0.6) is 0 Å². The van der Waals surface area contributed by atoms with Gasteiger partial charge in [0, 0.05) is 32.4 Å². The average molecular weight is 395 g/mol. The maximum Gasteiger partial charge on any atom is 0.417 e. The van der Waals surface area contributed by atoms with Crippen molar-refractivity contribution in [2.24, 2.45) is 0 Å². The number of halogens is 3. The molecule has 6 nitrogen and oxygen atoms in total. The fraction of sp³-hybridized carbons (Fsp3) is 0.353. The van der Waals surface area contributed by atoms with Crippen LogP contribution in [0.2, 0.25) is 0 Å². The fourth-order valence-corrected chi connectivity index (χ4v) is 3.49. The van der Waals surface area contributed by atoms with Gasteiger partial charge in [-0.25, -0.2) is 4.98 Å². The van der Waals surface area contributed by atoms with Crippen molar-refractivity contribution >= 4 is 28.1 Å². The first-order valence-electron chi connectivity index (χ1n) is 8.15. The Labute approximate surface area is 157 Å². The van der Waals surface area contributed by atoms with Gasteiger partial charge in [0.2, 0.25) is 5.91 Å². The zero-order chi connectivity index (χ0) is 19.4. The molecular weight excluding hydrogens is 379 g/mol. The van der Waals surface area contributed by atoms with Gasteiger partial charge in [0.15, 0.2) is 0 Å². The third-order valence-corrected chi connectivity index (χ3v) is 5.01. The maximum absolute atomic E-state index is 12.6. The van der Waals surface area contributed by atoms with E-state index in [2.05, 4.69) is 10.3 Å². The Bertz CT molecular complexity index is 835. The molecule has 2 aromatic heterocycles. The molecule has 10 heteroatoms. The van der Waals surface area contributed by atoms with E-state index in [0.717, 1.165) is 12.3 Å². The Hall–Kier alpha value is -2.64. The molecule has 142 valence electrons. The van der Waals surface area contributed by atoms with Crippen LogP contribution in [-0.2, 0) is 11.0 Å². The molecule has 2 aromatic rings. The number of piperazine rings is 1. The summed E-state index contributed by atoms with van der Waals surface area (Å²) in [5.74, 6) is 0.291. The Morgan fingerprint density at radius 1 is 1.26 bits per heavy atom. The smallest absolute Gasteiger partial charge is 0.354 e. The highest BCUT2D eigenvalue weighted by atomic mass is 32.1. The summed E-state index contributed by atoms with van der Waals surface area (Å²) in [7, 11) is 0. The Kier molecular flexibility index (Phi) is 5.62. The molecule has 0 atom stereocenters. The number of nitriles is 1. The molecule has 0 aromatic carbocycles. The second-order valence-electron chi connectivity index (χ2n) is 5.99. The lowest BCUT2D eigenvalue weighted by Gasteiger charge is -2.35. The number of thiophene rings is 1. The van der Waals surface area contributed by atoms with Crippen LogP contribution in [0.1, 0.15) is 11.1 Å². The van der Waals surface area contributed by atoms with E-state index in [4.69, 9.17) is 5.26 Å². The maximum atomic E-state index is 12.6. The molecular formula is C17H16F3N5OS. The first kappa shape index (κ1) is 19.1. The Morgan fingerprint density at radius 3 is 2.59 bits per heavy atom. The predicted octanol–water partition coefficient (Wildman–Crippen LogP) is 2.79. The number of carbonyl (C=O) groups excluding carboxylic acids is 1. The third-order valence-electron chi connectivity index (χ3n) is 4.18. The van der Waals surface area contributed by atoms with Gasteiger partial charge in [0.1, 0.15) is 16.9 Å². The number of anilines is 2. The molecule has 1 fully saturated rings. The third kappa shape index (κ3) is 4.75. The second-order valence-corrected chi connectivity index (χ2v) is 6.91. The minimum absolute atomic E-state index is 0.192. The summed E-state index contributed by atoms with van der Waals surface area (Å²) in [5, 5.41) is 14.0. The van der Waals surface area contributed by atoms with E-state index < -0.39 is 11.7 Å². The van der Waals surface area contributed by atoms with E-state index in [1.54, 1.807) is 11.4 Å². The summed E-state index contributed by atoms with van der Waals surface area (Å²) in [5.41, 5.74) is -0.335. The number of pyridine rings is 1. The summed E-state index contributed by atoms with van der Waals surface area (Å²) in [6.45, 7) is 2.50. The van der Waals surface area contributed by atoms with E-state index in [-0.39, 0.29) is 12.5 Å². The minimum atomic E-state index is -4.40. The van der Waals surface area contributed by atoms with Gasteiger partial charge in [-0.15, -0.1) is 11.3 Å². The molecule has 1 saturated heterocycles. The molecule has 3 rings (SSSR count). The van der Waals surface area contributed by atoms with E-state index in [9.17, 15) is 18.0 Å². The van der Waals surface area contributed by atoms with E-state index in [0.29, 0.717) is 42.6 Å². The number of carbonyl (C=O) groups is 1. The fourth-order valence-electron chi connectivity index (χ4n) is 2.74. The summed E-state index contributed by atoms with van der Waals surface area (Å²) in [6, 6.07) is 6.06. The molecule has 0 saturated carbocycles. The molecule has 0 bridgehead atoms. The van der Waals surface area contributed by atoms with Gasteiger partial charge in [-0.2, -0.15) is 18.4 Å². The molecule has 0 spiro atoms. The average Bonchev–Trinajstić information content (AvgIpc) is 3.08. The number of aromatic nitrogens is 1. The van der Waals surface area contributed by atoms with Crippen LogP contribution in [0, 0.1) is 11.3 Å². The summed E-state index contributed by atoms with van der Waals surface area (Å²) in [6.07, 6.45) is -3.56. The quantitative estimate of drug-likeness (QED) is 0.862. The number of amides is 1. The normalized spacial score (nSPS) is 15.4. The van der Waals surface area contributed by atoms with Crippen molar-refractivity contribution < 1.29 is 18.0 Å². The Balaban J connectivity index is 1.50. The molecule has 27 heavy (non-hydrogen) atoms. The van der Waals surface area contributed by atoms with Gasteiger partial charge >= 0.3 is 6.18 Å². The number of rotatable bonds is 4. The number of alkyl halides is 3. The van der Waals surface area contributed by atoms with Gasteiger partial charge in [-0.3, -0.25) is 9.69 Å². The van der Waals surface area contributed by atoms with Crippen molar-refractivity contribution in [3.05, 3.63) is 40.9 Å². The number of hydrogen-bond acceptors (Lipinski definition) is 6. The van der Waals surface area contributed by atoms with Gasteiger partial charge < -0.3 is 10.2 Å². The predicted molar refractivity (Wildman–Crippen MR) is 95.6 cm³/mol. The number of nitrogens with zero attached hydrogens (tertiary/aromatic N) is 4. The van der Waals surface area contributed by atoms with Crippen LogP contribution in [0.25, 0.3) is 0 Å². The monoisotopic (exact) mass is 395 g/mol. The lowest BCUT2D eigenvalue weighted by atomic mass is 10.2. The summed E-state index contributed by atoms with van der Waals surface area (Å²) < 4.78 is 37.8. The van der Waals surface area contributed by atoms with E-state index in [1.165, 1.54) is 17.4 Å². The van der Waals surface area contributed by atoms with Gasteiger partial charge in [-0.1, -0.05) is 0 Å². The van der Waals surface area contributed by atoms with Crippen molar-refractivity contribution in [1.29, 1.82) is 5.26 Å². The van der Waals surface area contributed by atoms with Crippen molar-refractivity contribution in [3.8, 4) is 6.07 Å². The lowest BCUT2D eigenvalue weighted by molar-refractivity contribution is -0.137. The van der Waals surface area contributed by atoms with Gasteiger partial charge in [0.05, 0.1) is 17.7 Å². The van der Waals surface area contributed by atoms with Crippen molar-refractivity contribution in [2.75, 3.05) is 42.9 Å². The van der Waals surface area contributed by atoms with E-state index >= 15 is 0 Å². The van der Waals surface area contributed by atoms with Crippen LogP contribution in [-0.4, -0.2) is 48.5 Å². The summed E-state index contributed by atoms with van der Waals surface area (Å²) >= 11 is 1.30. The van der Waals surface area contributed by atoms with E-state index in [1.807, 2.05) is 15.9 Å². The Morgan fingerprint density at radius 2 is 2.00 bits per heavy atom. The van der Waals surface area contributed by atoms with Crippen molar-refractivity contribution in [1.82, 2.24) is 9.88 Å². The second kappa shape index (κ2) is 7.94. The first-order chi connectivity index (χ1) is 12.9. The summed E-state index contributed by atoms with van der Waals surface area (Å²) in [4.78, 5) is 19.9. The van der Waals surface area contributed by atoms with Crippen LogP contribution < -0.4 is 10.2 Å². The van der Waals surface area contributed by atoms with Crippen molar-refractivity contribution in [3.63, 3.8) is 0 Å². The molecule has 0 radical (unpaired) electrons. The molecule has 1 N–H and O–H groups in total. The highest BCUT2D eigenvalue weighted by molar-refractivity contribution is 7.14. The van der Waals surface area contributed by atoms with Crippen LogP contribution >= 0.6 is 11.3 Å². The molecule has 1 amide bonds. The van der Waals surface area contributed by atoms with Gasteiger partial charge in [-0.05, 0) is 23.6 Å². The standard InChI is InChI=1S/C17H16F3N5OS/c18-17(19,20)13-1-2-14(22-10-13)25-6-4-24(5-7-25)11-15(26)23-16-12(9-21)3-8-27-16/h1-3,8,10H,4-7,11H2,(H,23,26). The molecule has 1 aliphatic rings. The highest BCUT2D eigenvalue weighted by Gasteiger charge is 2.31. The minimum Gasteiger partial charge on any atom is -0.354 e. The topological polar surface area (TPSA) is 72.3 Å². The first-order valence-corrected chi connectivity index (χ1v) is 9.03. The van der Waals surface area contributed by atoms with Crippen LogP contribution in [0.3, 0.4) is 0 Å². The molecule has 3 heterocycles. The zero-order valence-corrected chi connectivity index (χ0v) is 15.0. The number of nitrogens with one attached hydrogen (secondary N) is 1. The largest absolute Gasteiger partial charge is 0.417 e. The zero-order valence-electron chi connectivity index (χ0n) is 14.2. The molecule has 0 unspecified atom stereocenters. The van der Waals surface area contributed by atoms with Crippen LogP contribution in [0.4, 0.5) is 24.0 Å². The highest BCUT2D eigenvalue weighted by Crippen LogP contribution is 2.29.